The Morgan fingerprint density at radius 1 is 1.18 bits per heavy atom. The molecule has 0 bridgehead atoms. The third-order valence-electron chi connectivity index (χ3n) is 4.76. The number of rotatable bonds is 4. The fourth-order valence-corrected chi connectivity index (χ4v) is 3.61. The zero-order valence-electron chi connectivity index (χ0n) is 15.1. The van der Waals surface area contributed by atoms with Gasteiger partial charge in [0.15, 0.2) is 11.5 Å². The number of anilines is 1. The molecular formula is C20H17ClN2O5. The summed E-state index contributed by atoms with van der Waals surface area (Å²) in [6, 6.07) is 11.0. The van der Waals surface area contributed by atoms with Crippen LogP contribution in [-0.2, 0) is 20.9 Å². The Bertz CT molecular complexity index is 977. The molecule has 144 valence electrons. The molecule has 8 heteroatoms. The largest absolute Gasteiger partial charge is 0.454 e. The quantitative estimate of drug-likeness (QED) is 0.737. The first-order valence-corrected chi connectivity index (χ1v) is 9.10. The summed E-state index contributed by atoms with van der Waals surface area (Å²) in [5.74, 6) is 0.127. The summed E-state index contributed by atoms with van der Waals surface area (Å²) in [5.41, 5.74) is 1.18. The second kappa shape index (κ2) is 7.16. The summed E-state index contributed by atoms with van der Waals surface area (Å²) in [7, 11) is 0. The van der Waals surface area contributed by atoms with Gasteiger partial charge in [0, 0.05) is 18.5 Å². The molecule has 0 aromatic heterocycles. The maximum Gasteiger partial charge on any atom is 0.257 e. The Hall–Kier alpha value is -3.06. The molecule has 1 fully saturated rings. The standard InChI is InChI=1S/C20H17ClN2O5/c1-12(24)22(10-13-5-6-17-18(7-13)28-11-27-17)16-9-19(25)23(20(16)26)15-4-2-3-14(21)8-15/h2-8,16H,9-11H2,1H3/t16-/m0/s1. The normalized spacial score (nSPS) is 17.9. The molecule has 3 amide bonds. The number of imide groups is 1. The van der Waals surface area contributed by atoms with Crippen LogP contribution in [0.5, 0.6) is 11.5 Å². The molecule has 2 aromatic rings. The highest BCUT2D eigenvalue weighted by Gasteiger charge is 2.43. The predicted molar refractivity (Wildman–Crippen MR) is 101 cm³/mol. The highest BCUT2D eigenvalue weighted by Crippen LogP contribution is 2.34. The van der Waals surface area contributed by atoms with Gasteiger partial charge in [-0.15, -0.1) is 0 Å². The van der Waals surface area contributed by atoms with E-state index in [1.165, 1.54) is 11.8 Å². The van der Waals surface area contributed by atoms with Gasteiger partial charge in [0.2, 0.25) is 18.6 Å². The lowest BCUT2D eigenvalue weighted by Gasteiger charge is -2.26. The van der Waals surface area contributed by atoms with E-state index in [0.717, 1.165) is 10.5 Å². The van der Waals surface area contributed by atoms with Crippen LogP contribution in [0.3, 0.4) is 0 Å². The van der Waals surface area contributed by atoms with Gasteiger partial charge in [-0.25, -0.2) is 4.90 Å². The van der Waals surface area contributed by atoms with Crippen LogP contribution in [-0.4, -0.2) is 35.5 Å². The van der Waals surface area contributed by atoms with Gasteiger partial charge in [-0.2, -0.15) is 0 Å². The van der Waals surface area contributed by atoms with Gasteiger partial charge in [-0.3, -0.25) is 14.4 Å². The average Bonchev–Trinajstić information content (AvgIpc) is 3.23. The van der Waals surface area contributed by atoms with Crippen molar-refractivity contribution in [3.63, 3.8) is 0 Å². The van der Waals surface area contributed by atoms with E-state index in [2.05, 4.69) is 0 Å². The number of hydrogen-bond donors (Lipinski definition) is 0. The van der Waals surface area contributed by atoms with Crippen molar-refractivity contribution in [3.05, 3.63) is 53.1 Å². The number of benzene rings is 2. The highest BCUT2D eigenvalue weighted by molar-refractivity contribution is 6.31. The molecule has 2 aromatic carbocycles. The van der Waals surface area contributed by atoms with Crippen molar-refractivity contribution >= 4 is 35.0 Å². The van der Waals surface area contributed by atoms with Crippen LogP contribution in [0.1, 0.15) is 18.9 Å². The summed E-state index contributed by atoms with van der Waals surface area (Å²) in [5, 5.41) is 0.422. The predicted octanol–water partition coefficient (Wildman–Crippen LogP) is 2.75. The third-order valence-corrected chi connectivity index (χ3v) is 4.99. The molecular weight excluding hydrogens is 384 g/mol. The first kappa shape index (κ1) is 18.3. The number of nitrogens with zero attached hydrogens (tertiary/aromatic N) is 2. The maximum absolute atomic E-state index is 13.0. The third kappa shape index (κ3) is 3.29. The van der Waals surface area contributed by atoms with E-state index < -0.39 is 11.9 Å². The Kier molecular flexibility index (Phi) is 4.68. The van der Waals surface area contributed by atoms with Crippen LogP contribution in [0.4, 0.5) is 5.69 Å². The van der Waals surface area contributed by atoms with Crippen LogP contribution in [0.2, 0.25) is 5.02 Å². The summed E-state index contributed by atoms with van der Waals surface area (Å²) < 4.78 is 10.7. The number of carbonyl (C=O) groups is 3. The number of fused-ring (bicyclic) bond motifs is 1. The molecule has 7 nitrogen and oxygen atoms in total. The molecule has 0 radical (unpaired) electrons. The Balaban J connectivity index is 1.59. The van der Waals surface area contributed by atoms with E-state index in [1.54, 1.807) is 42.5 Å². The smallest absolute Gasteiger partial charge is 0.257 e. The van der Waals surface area contributed by atoms with Crippen molar-refractivity contribution < 1.29 is 23.9 Å². The summed E-state index contributed by atoms with van der Waals surface area (Å²) in [4.78, 5) is 40.3. The SMILES string of the molecule is CC(=O)N(Cc1ccc2c(c1)OCO2)[C@H]1CC(=O)N(c2cccc(Cl)c2)C1=O. The van der Waals surface area contributed by atoms with Gasteiger partial charge in [-0.05, 0) is 35.9 Å². The lowest BCUT2D eigenvalue weighted by molar-refractivity contribution is -0.137. The first-order chi connectivity index (χ1) is 13.4. The molecule has 0 aliphatic carbocycles. The monoisotopic (exact) mass is 400 g/mol. The van der Waals surface area contributed by atoms with Crippen LogP contribution < -0.4 is 14.4 Å². The Labute approximate surface area is 166 Å². The van der Waals surface area contributed by atoms with E-state index >= 15 is 0 Å². The van der Waals surface area contributed by atoms with Crippen molar-refractivity contribution in [2.45, 2.75) is 25.9 Å². The van der Waals surface area contributed by atoms with Gasteiger partial charge in [-0.1, -0.05) is 23.7 Å². The molecule has 0 spiro atoms. The van der Waals surface area contributed by atoms with Crippen LogP contribution in [0.25, 0.3) is 0 Å². The summed E-state index contributed by atoms with van der Waals surface area (Å²) in [6.45, 7) is 1.71. The summed E-state index contributed by atoms with van der Waals surface area (Å²) >= 11 is 5.99. The van der Waals surface area contributed by atoms with Crippen LogP contribution in [0.15, 0.2) is 42.5 Å². The van der Waals surface area contributed by atoms with Crippen molar-refractivity contribution in [2.24, 2.45) is 0 Å². The van der Waals surface area contributed by atoms with Gasteiger partial charge < -0.3 is 14.4 Å². The maximum atomic E-state index is 13.0. The zero-order chi connectivity index (χ0) is 19.8. The van der Waals surface area contributed by atoms with Crippen LogP contribution in [0, 0.1) is 0 Å². The van der Waals surface area contributed by atoms with Gasteiger partial charge in [0.25, 0.3) is 5.91 Å². The van der Waals surface area contributed by atoms with E-state index in [4.69, 9.17) is 21.1 Å². The van der Waals surface area contributed by atoms with Gasteiger partial charge >= 0.3 is 0 Å². The van der Waals surface area contributed by atoms with E-state index in [9.17, 15) is 14.4 Å². The molecule has 1 saturated heterocycles. The van der Waals surface area contributed by atoms with Gasteiger partial charge in [0.1, 0.15) is 6.04 Å². The molecule has 2 aliphatic rings. The minimum absolute atomic E-state index is 0.0739. The van der Waals surface area contributed by atoms with Crippen molar-refractivity contribution in [1.29, 1.82) is 0 Å². The number of amides is 3. The Morgan fingerprint density at radius 3 is 2.71 bits per heavy atom. The highest BCUT2D eigenvalue weighted by atomic mass is 35.5. The number of halogens is 1. The molecule has 1 atom stereocenters. The molecule has 2 aliphatic heterocycles. The second-order valence-corrected chi connectivity index (χ2v) is 7.04. The Morgan fingerprint density at radius 2 is 1.96 bits per heavy atom. The van der Waals surface area contributed by atoms with Crippen LogP contribution >= 0.6 is 11.6 Å². The van der Waals surface area contributed by atoms with Crippen molar-refractivity contribution in [3.8, 4) is 11.5 Å². The summed E-state index contributed by atoms with van der Waals surface area (Å²) in [6.07, 6.45) is -0.0739. The van der Waals surface area contributed by atoms with E-state index in [0.29, 0.717) is 22.2 Å². The molecule has 4 rings (SSSR count). The minimum Gasteiger partial charge on any atom is -0.454 e. The lowest BCUT2D eigenvalue weighted by atomic mass is 10.1. The first-order valence-electron chi connectivity index (χ1n) is 8.72. The number of hydrogen-bond acceptors (Lipinski definition) is 5. The fraction of sp³-hybridized carbons (Fsp3) is 0.250. The zero-order valence-corrected chi connectivity index (χ0v) is 15.8. The lowest BCUT2D eigenvalue weighted by Crippen LogP contribution is -2.44. The van der Waals surface area contributed by atoms with Gasteiger partial charge in [0.05, 0.1) is 12.1 Å². The topological polar surface area (TPSA) is 76.2 Å². The number of carbonyl (C=O) groups excluding carboxylic acids is 3. The van der Waals surface area contributed by atoms with Crippen molar-refractivity contribution in [1.82, 2.24) is 4.90 Å². The van der Waals surface area contributed by atoms with E-state index in [1.807, 2.05) is 0 Å². The number of ether oxygens (including phenoxy) is 2. The molecule has 0 unspecified atom stereocenters. The molecule has 2 heterocycles. The molecule has 28 heavy (non-hydrogen) atoms. The fourth-order valence-electron chi connectivity index (χ4n) is 3.42. The molecule has 0 N–H and O–H groups in total. The van der Waals surface area contributed by atoms with E-state index in [-0.39, 0.29) is 31.6 Å². The average molecular weight is 401 g/mol. The van der Waals surface area contributed by atoms with Crippen molar-refractivity contribution in [2.75, 3.05) is 11.7 Å². The second-order valence-electron chi connectivity index (χ2n) is 6.60. The molecule has 0 saturated carbocycles. The minimum atomic E-state index is -0.866.